The van der Waals surface area contributed by atoms with Gasteiger partial charge in [0.15, 0.2) is 0 Å². The lowest BCUT2D eigenvalue weighted by atomic mass is 9.96. The van der Waals surface area contributed by atoms with Crippen molar-refractivity contribution < 1.29 is 16.8 Å². The highest BCUT2D eigenvalue weighted by molar-refractivity contribution is 7.92. The van der Waals surface area contributed by atoms with Crippen LogP contribution in [-0.4, -0.2) is 22.9 Å². The summed E-state index contributed by atoms with van der Waals surface area (Å²) in [4.78, 5) is 0.279. The highest BCUT2D eigenvalue weighted by atomic mass is 32.2. The maximum Gasteiger partial charge on any atom is 0.261 e. The summed E-state index contributed by atoms with van der Waals surface area (Å²) in [5.41, 5.74) is 0.311. The predicted octanol–water partition coefficient (Wildman–Crippen LogP) is 3.10. The summed E-state index contributed by atoms with van der Waals surface area (Å²) in [6.07, 6.45) is 4.93. The quantitative estimate of drug-likeness (QED) is 0.787. The van der Waals surface area contributed by atoms with Crippen molar-refractivity contribution in [1.29, 1.82) is 0 Å². The van der Waals surface area contributed by atoms with Crippen molar-refractivity contribution in [3.63, 3.8) is 0 Å². The zero-order chi connectivity index (χ0) is 18.6. The summed E-state index contributed by atoms with van der Waals surface area (Å²) in [6, 6.07) is 13.7. The molecule has 1 aliphatic carbocycles. The first-order chi connectivity index (χ1) is 12.4. The first kappa shape index (κ1) is 18.9. The molecule has 0 aromatic heterocycles. The average molecular weight is 395 g/mol. The summed E-state index contributed by atoms with van der Waals surface area (Å²) in [6.45, 7) is 0. The molecule has 0 radical (unpaired) electrons. The number of hydrogen-bond donors (Lipinski definition) is 2. The minimum absolute atomic E-state index is 0.0231. The van der Waals surface area contributed by atoms with Gasteiger partial charge in [0.2, 0.25) is 10.0 Å². The molecule has 0 aliphatic heterocycles. The summed E-state index contributed by atoms with van der Waals surface area (Å²) >= 11 is 0. The fourth-order valence-corrected chi connectivity index (χ4v) is 5.41. The Labute approximate surface area is 154 Å². The van der Waals surface area contributed by atoms with Crippen molar-refractivity contribution in [2.24, 2.45) is 0 Å². The van der Waals surface area contributed by atoms with E-state index in [2.05, 4.69) is 9.44 Å². The summed E-state index contributed by atoms with van der Waals surface area (Å²) in [5, 5.41) is 0. The van der Waals surface area contributed by atoms with Gasteiger partial charge in [-0.05, 0) is 49.2 Å². The molecule has 3 rings (SSSR count). The molecule has 26 heavy (non-hydrogen) atoms. The maximum atomic E-state index is 12.5. The molecule has 0 saturated heterocycles. The highest BCUT2D eigenvalue weighted by Gasteiger charge is 2.22. The number of sulfonamides is 2. The molecule has 0 bridgehead atoms. The number of hydrogen-bond acceptors (Lipinski definition) is 4. The molecule has 1 fully saturated rings. The number of nitrogens with one attached hydrogen (secondary N) is 2. The van der Waals surface area contributed by atoms with E-state index in [4.69, 9.17) is 0 Å². The van der Waals surface area contributed by atoms with Gasteiger partial charge in [0, 0.05) is 11.7 Å². The van der Waals surface area contributed by atoms with Gasteiger partial charge in [0.1, 0.15) is 0 Å². The third kappa shape index (κ3) is 4.63. The average Bonchev–Trinajstić information content (AvgIpc) is 2.63. The fraction of sp³-hybridized carbons (Fsp3) is 0.333. The molecule has 0 amide bonds. The van der Waals surface area contributed by atoms with Gasteiger partial charge in [0.25, 0.3) is 10.0 Å². The molecule has 2 aromatic rings. The molecule has 1 saturated carbocycles. The molecule has 0 atom stereocenters. The van der Waals surface area contributed by atoms with Crippen LogP contribution < -0.4 is 9.44 Å². The van der Waals surface area contributed by atoms with Gasteiger partial charge in [-0.2, -0.15) is 0 Å². The molecule has 1 aliphatic rings. The SMILES string of the molecule is O=S(=O)(Nc1ccc(S(=O)(=O)NC2CCCCC2)cc1)c1ccccc1. The first-order valence-corrected chi connectivity index (χ1v) is 11.5. The molecule has 2 N–H and O–H groups in total. The van der Waals surface area contributed by atoms with Crippen LogP contribution in [0.25, 0.3) is 0 Å². The second-order valence-corrected chi connectivity index (χ2v) is 9.80. The lowest BCUT2D eigenvalue weighted by molar-refractivity contribution is 0.412. The smallest absolute Gasteiger partial charge is 0.261 e. The standard InChI is InChI=1S/C18H22N2O4S2/c21-25(22,17-9-5-2-6-10-17)20-16-11-13-18(14-12-16)26(23,24)19-15-7-3-1-4-8-15/h2,5-6,9-15,19-20H,1,3-4,7-8H2. The van der Waals surface area contributed by atoms with Crippen LogP contribution in [0, 0.1) is 0 Å². The Balaban J connectivity index is 1.72. The molecule has 0 unspecified atom stereocenters. The van der Waals surface area contributed by atoms with Crippen LogP contribution in [-0.2, 0) is 20.0 Å². The maximum absolute atomic E-state index is 12.5. The summed E-state index contributed by atoms with van der Waals surface area (Å²) in [7, 11) is -7.30. The Kier molecular flexibility index (Phi) is 5.64. The van der Waals surface area contributed by atoms with E-state index >= 15 is 0 Å². The van der Waals surface area contributed by atoms with Crippen molar-refractivity contribution in [2.75, 3.05) is 4.72 Å². The number of rotatable bonds is 6. The van der Waals surface area contributed by atoms with Crippen molar-refractivity contribution in [3.05, 3.63) is 54.6 Å². The van der Waals surface area contributed by atoms with Crippen LogP contribution in [0.4, 0.5) is 5.69 Å². The molecular weight excluding hydrogens is 372 g/mol. The number of anilines is 1. The zero-order valence-corrected chi connectivity index (χ0v) is 15.9. The molecular formula is C18H22N2O4S2. The Hall–Kier alpha value is -1.90. The van der Waals surface area contributed by atoms with Gasteiger partial charge in [-0.15, -0.1) is 0 Å². The molecule has 0 spiro atoms. The summed E-state index contributed by atoms with van der Waals surface area (Å²) in [5.74, 6) is 0. The molecule has 6 nitrogen and oxygen atoms in total. The van der Waals surface area contributed by atoms with Crippen molar-refractivity contribution in [2.45, 2.75) is 47.9 Å². The third-order valence-electron chi connectivity index (χ3n) is 4.40. The van der Waals surface area contributed by atoms with Gasteiger partial charge < -0.3 is 0 Å². The van der Waals surface area contributed by atoms with Gasteiger partial charge in [-0.25, -0.2) is 21.6 Å². The Morgan fingerprint density at radius 1 is 0.692 bits per heavy atom. The molecule has 0 heterocycles. The van der Waals surface area contributed by atoms with Gasteiger partial charge in [-0.1, -0.05) is 37.5 Å². The number of benzene rings is 2. The van der Waals surface area contributed by atoms with Gasteiger partial charge in [-0.3, -0.25) is 4.72 Å². The Bertz CT molecular complexity index is 934. The van der Waals surface area contributed by atoms with E-state index in [0.717, 1.165) is 32.1 Å². The normalized spacial score (nSPS) is 16.3. The topological polar surface area (TPSA) is 92.3 Å². The van der Waals surface area contributed by atoms with Crippen LogP contribution >= 0.6 is 0 Å². The molecule has 140 valence electrons. The monoisotopic (exact) mass is 394 g/mol. The van der Waals surface area contributed by atoms with E-state index in [-0.39, 0.29) is 15.8 Å². The van der Waals surface area contributed by atoms with E-state index in [1.807, 2.05) is 0 Å². The minimum atomic E-state index is -3.70. The van der Waals surface area contributed by atoms with E-state index in [1.165, 1.54) is 36.4 Å². The second-order valence-electron chi connectivity index (χ2n) is 6.40. The van der Waals surface area contributed by atoms with E-state index in [0.29, 0.717) is 5.69 Å². The van der Waals surface area contributed by atoms with Crippen molar-refractivity contribution in [1.82, 2.24) is 4.72 Å². The van der Waals surface area contributed by atoms with Crippen LogP contribution in [0.1, 0.15) is 32.1 Å². The van der Waals surface area contributed by atoms with Gasteiger partial charge >= 0.3 is 0 Å². The van der Waals surface area contributed by atoms with Crippen LogP contribution in [0.5, 0.6) is 0 Å². The lowest BCUT2D eigenvalue weighted by Gasteiger charge is -2.22. The van der Waals surface area contributed by atoms with Crippen LogP contribution in [0.15, 0.2) is 64.4 Å². The van der Waals surface area contributed by atoms with Crippen molar-refractivity contribution >= 4 is 25.7 Å². The Morgan fingerprint density at radius 3 is 1.88 bits per heavy atom. The second kappa shape index (κ2) is 7.77. The largest absolute Gasteiger partial charge is 0.280 e. The van der Waals surface area contributed by atoms with E-state index in [1.54, 1.807) is 18.2 Å². The molecule has 2 aromatic carbocycles. The van der Waals surface area contributed by atoms with Gasteiger partial charge in [0.05, 0.1) is 9.79 Å². The van der Waals surface area contributed by atoms with Crippen LogP contribution in [0.2, 0.25) is 0 Å². The first-order valence-electron chi connectivity index (χ1n) is 8.57. The minimum Gasteiger partial charge on any atom is -0.280 e. The van der Waals surface area contributed by atoms with Crippen molar-refractivity contribution in [3.8, 4) is 0 Å². The highest BCUT2D eigenvalue weighted by Crippen LogP contribution is 2.22. The van der Waals surface area contributed by atoms with Crippen LogP contribution in [0.3, 0.4) is 0 Å². The molecule has 8 heteroatoms. The third-order valence-corrected chi connectivity index (χ3v) is 7.33. The van der Waals surface area contributed by atoms with E-state index < -0.39 is 20.0 Å². The predicted molar refractivity (Wildman–Crippen MR) is 101 cm³/mol. The zero-order valence-electron chi connectivity index (χ0n) is 14.3. The Morgan fingerprint density at radius 2 is 1.27 bits per heavy atom. The summed E-state index contributed by atoms with van der Waals surface area (Å²) < 4.78 is 54.7. The lowest BCUT2D eigenvalue weighted by Crippen LogP contribution is -2.36. The fourth-order valence-electron chi connectivity index (χ4n) is 3.02. The van der Waals surface area contributed by atoms with E-state index in [9.17, 15) is 16.8 Å².